The molecule has 1 aromatic heterocycles. The van der Waals surface area contributed by atoms with E-state index in [0.29, 0.717) is 13.2 Å². The van der Waals surface area contributed by atoms with Crippen LogP contribution in [-0.4, -0.2) is 48.2 Å². The predicted octanol–water partition coefficient (Wildman–Crippen LogP) is -0.0422. The predicted molar refractivity (Wildman–Crippen MR) is 60.0 cm³/mol. The Morgan fingerprint density at radius 1 is 1.38 bits per heavy atom. The van der Waals surface area contributed by atoms with E-state index in [0.717, 1.165) is 31.9 Å². The summed E-state index contributed by atoms with van der Waals surface area (Å²) in [5.41, 5.74) is 0. The van der Waals surface area contributed by atoms with Crippen molar-refractivity contribution in [2.45, 2.75) is 13.0 Å². The molecule has 1 N–H and O–H groups in total. The molecule has 1 aromatic rings. The van der Waals surface area contributed by atoms with E-state index >= 15 is 0 Å². The molecule has 92 valence electrons. The van der Waals surface area contributed by atoms with Gasteiger partial charge in [0, 0.05) is 20.8 Å². The lowest BCUT2D eigenvalue weighted by Crippen LogP contribution is -2.19. The first-order valence-electron chi connectivity index (χ1n) is 5.45. The summed E-state index contributed by atoms with van der Waals surface area (Å²) in [5.74, 6) is 0.945. The van der Waals surface area contributed by atoms with E-state index in [-0.39, 0.29) is 0 Å². The van der Waals surface area contributed by atoms with Crippen LogP contribution in [0.25, 0.3) is 0 Å². The summed E-state index contributed by atoms with van der Waals surface area (Å²) in [5, 5.41) is 7.28. The SMILES string of the molecule is COCCOCCCNCc1ncnn1C. The Balaban J connectivity index is 1.91. The fraction of sp³-hybridized carbons (Fsp3) is 0.800. The number of nitrogens with zero attached hydrogens (tertiary/aromatic N) is 3. The quantitative estimate of drug-likeness (QED) is 0.601. The maximum atomic E-state index is 5.34. The largest absolute Gasteiger partial charge is 0.382 e. The minimum Gasteiger partial charge on any atom is -0.382 e. The van der Waals surface area contributed by atoms with E-state index in [1.54, 1.807) is 18.1 Å². The summed E-state index contributed by atoms with van der Waals surface area (Å²) in [7, 11) is 3.56. The molecule has 0 saturated carbocycles. The number of aromatic nitrogens is 3. The third-order valence-electron chi connectivity index (χ3n) is 2.16. The smallest absolute Gasteiger partial charge is 0.140 e. The van der Waals surface area contributed by atoms with E-state index in [1.165, 1.54) is 0 Å². The fourth-order valence-corrected chi connectivity index (χ4v) is 1.22. The molecule has 0 atom stereocenters. The minimum absolute atomic E-state index is 0.659. The first-order valence-corrected chi connectivity index (χ1v) is 5.45. The second-order valence-corrected chi connectivity index (χ2v) is 3.44. The second kappa shape index (κ2) is 8.20. The standard InChI is InChI=1S/C10H20N4O2/c1-14-10(12-9-13-14)8-11-4-3-5-16-7-6-15-2/h9,11H,3-8H2,1-2H3. The van der Waals surface area contributed by atoms with E-state index < -0.39 is 0 Å². The van der Waals surface area contributed by atoms with Crippen LogP contribution >= 0.6 is 0 Å². The molecule has 0 fully saturated rings. The summed E-state index contributed by atoms with van der Waals surface area (Å²) in [6.45, 7) is 3.75. The van der Waals surface area contributed by atoms with Crippen LogP contribution in [0, 0.1) is 0 Å². The average molecular weight is 228 g/mol. The van der Waals surface area contributed by atoms with Crippen LogP contribution in [0.2, 0.25) is 0 Å². The van der Waals surface area contributed by atoms with Gasteiger partial charge in [0.05, 0.1) is 19.8 Å². The van der Waals surface area contributed by atoms with Crippen LogP contribution in [0.4, 0.5) is 0 Å². The van der Waals surface area contributed by atoms with Gasteiger partial charge >= 0.3 is 0 Å². The van der Waals surface area contributed by atoms with Gasteiger partial charge in [-0.1, -0.05) is 0 Å². The van der Waals surface area contributed by atoms with E-state index in [4.69, 9.17) is 9.47 Å². The molecule has 0 saturated heterocycles. The molecule has 0 radical (unpaired) electrons. The van der Waals surface area contributed by atoms with Crippen molar-refractivity contribution in [2.75, 3.05) is 33.5 Å². The normalized spacial score (nSPS) is 10.9. The van der Waals surface area contributed by atoms with Gasteiger partial charge < -0.3 is 14.8 Å². The molecule has 0 spiro atoms. The average Bonchev–Trinajstić information content (AvgIpc) is 2.68. The molecule has 0 aromatic carbocycles. The Bertz CT molecular complexity index is 278. The maximum Gasteiger partial charge on any atom is 0.140 e. The number of methoxy groups -OCH3 is 1. The summed E-state index contributed by atoms with van der Waals surface area (Å²) < 4.78 is 12.0. The third kappa shape index (κ3) is 5.20. The van der Waals surface area contributed by atoms with Crippen molar-refractivity contribution in [1.29, 1.82) is 0 Å². The zero-order valence-corrected chi connectivity index (χ0v) is 9.98. The van der Waals surface area contributed by atoms with Crippen LogP contribution in [0.1, 0.15) is 12.2 Å². The summed E-state index contributed by atoms with van der Waals surface area (Å²) in [4.78, 5) is 4.12. The summed E-state index contributed by atoms with van der Waals surface area (Å²) in [6.07, 6.45) is 2.55. The number of hydrogen-bond donors (Lipinski definition) is 1. The second-order valence-electron chi connectivity index (χ2n) is 3.44. The number of nitrogens with one attached hydrogen (secondary N) is 1. The highest BCUT2D eigenvalue weighted by atomic mass is 16.5. The van der Waals surface area contributed by atoms with Crippen molar-refractivity contribution in [2.24, 2.45) is 7.05 Å². The van der Waals surface area contributed by atoms with Gasteiger partial charge in [0.25, 0.3) is 0 Å². The number of ether oxygens (including phenoxy) is 2. The van der Waals surface area contributed by atoms with Gasteiger partial charge in [0.15, 0.2) is 0 Å². The number of hydrogen-bond acceptors (Lipinski definition) is 5. The van der Waals surface area contributed by atoms with Gasteiger partial charge in [-0.25, -0.2) is 4.98 Å². The highest BCUT2D eigenvalue weighted by Gasteiger charge is 1.98. The summed E-state index contributed by atoms with van der Waals surface area (Å²) >= 11 is 0. The number of rotatable bonds is 9. The zero-order valence-electron chi connectivity index (χ0n) is 9.98. The molecule has 0 aliphatic carbocycles. The van der Waals surface area contributed by atoms with Crippen molar-refractivity contribution in [3.05, 3.63) is 12.2 Å². The highest BCUT2D eigenvalue weighted by Crippen LogP contribution is 1.89. The Morgan fingerprint density at radius 2 is 2.25 bits per heavy atom. The Kier molecular flexibility index (Phi) is 6.71. The van der Waals surface area contributed by atoms with Crippen molar-refractivity contribution in [3.63, 3.8) is 0 Å². The van der Waals surface area contributed by atoms with Crippen molar-refractivity contribution >= 4 is 0 Å². The monoisotopic (exact) mass is 228 g/mol. The van der Waals surface area contributed by atoms with Crippen LogP contribution in [0.5, 0.6) is 0 Å². The third-order valence-corrected chi connectivity index (χ3v) is 2.16. The molecule has 0 aliphatic heterocycles. The van der Waals surface area contributed by atoms with Crippen LogP contribution < -0.4 is 5.32 Å². The van der Waals surface area contributed by atoms with Gasteiger partial charge in [0.1, 0.15) is 12.2 Å². The molecule has 0 aliphatic rings. The highest BCUT2D eigenvalue weighted by molar-refractivity contribution is 4.81. The summed E-state index contributed by atoms with van der Waals surface area (Å²) in [6, 6.07) is 0. The first kappa shape index (κ1) is 13.1. The van der Waals surface area contributed by atoms with Gasteiger partial charge in [-0.3, -0.25) is 4.68 Å². The Morgan fingerprint density at radius 3 is 2.94 bits per heavy atom. The first-order chi connectivity index (χ1) is 7.84. The van der Waals surface area contributed by atoms with Gasteiger partial charge in [-0.05, 0) is 13.0 Å². The van der Waals surface area contributed by atoms with Crippen LogP contribution in [0.15, 0.2) is 6.33 Å². The molecule has 1 rings (SSSR count). The Labute approximate surface area is 96.0 Å². The van der Waals surface area contributed by atoms with E-state index in [9.17, 15) is 0 Å². The lowest BCUT2D eigenvalue weighted by atomic mass is 10.4. The lowest BCUT2D eigenvalue weighted by molar-refractivity contribution is 0.0694. The topological polar surface area (TPSA) is 61.2 Å². The van der Waals surface area contributed by atoms with Gasteiger partial charge in [-0.15, -0.1) is 0 Å². The maximum absolute atomic E-state index is 5.34. The Hall–Kier alpha value is -0.980. The van der Waals surface area contributed by atoms with Gasteiger partial charge in [0.2, 0.25) is 0 Å². The zero-order chi connectivity index (χ0) is 11.6. The molecule has 1 heterocycles. The molecule has 0 bridgehead atoms. The van der Waals surface area contributed by atoms with Crippen LogP contribution in [-0.2, 0) is 23.1 Å². The van der Waals surface area contributed by atoms with Crippen molar-refractivity contribution in [3.8, 4) is 0 Å². The number of aryl methyl sites for hydroxylation is 1. The van der Waals surface area contributed by atoms with E-state index in [1.807, 2.05) is 7.05 Å². The molecule has 0 amide bonds. The molecular weight excluding hydrogens is 208 g/mol. The molecule has 6 heteroatoms. The molecule has 16 heavy (non-hydrogen) atoms. The fourth-order valence-electron chi connectivity index (χ4n) is 1.22. The van der Waals surface area contributed by atoms with Crippen molar-refractivity contribution in [1.82, 2.24) is 20.1 Å². The van der Waals surface area contributed by atoms with Gasteiger partial charge in [-0.2, -0.15) is 5.10 Å². The van der Waals surface area contributed by atoms with Crippen LogP contribution in [0.3, 0.4) is 0 Å². The molecule has 0 unspecified atom stereocenters. The molecule has 6 nitrogen and oxygen atoms in total. The minimum atomic E-state index is 0.659. The lowest BCUT2D eigenvalue weighted by Gasteiger charge is -2.05. The molecular formula is C10H20N4O2. The van der Waals surface area contributed by atoms with Crippen molar-refractivity contribution < 1.29 is 9.47 Å². The van der Waals surface area contributed by atoms with E-state index in [2.05, 4.69) is 15.4 Å².